The van der Waals surface area contributed by atoms with Gasteiger partial charge in [-0.25, -0.2) is 9.59 Å². The van der Waals surface area contributed by atoms with Gasteiger partial charge in [0, 0.05) is 35.8 Å². The Bertz CT molecular complexity index is 1310. The van der Waals surface area contributed by atoms with Crippen LogP contribution in [0.1, 0.15) is 90.9 Å². The molecule has 260 valence electrons. The smallest absolute Gasteiger partial charge is 0.332 e. The fourth-order valence-corrected chi connectivity index (χ4v) is 6.24. The van der Waals surface area contributed by atoms with Crippen molar-refractivity contribution in [2.45, 2.75) is 116 Å². The van der Waals surface area contributed by atoms with E-state index in [2.05, 4.69) is 13.2 Å². The van der Waals surface area contributed by atoms with Gasteiger partial charge in [-0.1, -0.05) is 64.1 Å². The van der Waals surface area contributed by atoms with E-state index in [1.54, 1.807) is 12.1 Å². The van der Waals surface area contributed by atoms with Crippen molar-refractivity contribution >= 4 is 34.6 Å². The third-order valence-electron chi connectivity index (χ3n) is 8.85. The summed E-state index contributed by atoms with van der Waals surface area (Å²) in [5.74, 6) is -1.41. The van der Waals surface area contributed by atoms with Crippen molar-refractivity contribution < 1.29 is 47.6 Å². The average Bonchev–Trinajstić information content (AvgIpc) is 3.10. The lowest BCUT2D eigenvalue weighted by Crippen LogP contribution is -2.33. The zero-order valence-electron chi connectivity index (χ0n) is 28.1. The minimum absolute atomic E-state index is 0.111. The van der Waals surface area contributed by atoms with Crippen molar-refractivity contribution in [3.63, 3.8) is 0 Å². The van der Waals surface area contributed by atoms with Crippen LogP contribution in [0.5, 0.6) is 11.5 Å². The number of esters is 4. The number of ether oxygens (including phenoxy) is 6. The van der Waals surface area contributed by atoms with Crippen LogP contribution in [0.3, 0.4) is 0 Å². The third-order valence-corrected chi connectivity index (χ3v) is 8.85. The molecule has 0 N–H and O–H groups in total. The first-order valence-corrected chi connectivity index (χ1v) is 17.2. The van der Waals surface area contributed by atoms with Crippen molar-refractivity contribution in [3.05, 3.63) is 61.7 Å². The molecule has 0 heterocycles. The standard InChI is InChI=1S/C38H48O10/c1-5-11-35(47-33(39)7-3)43-27-19-15-25(16-20-27)37(41)45-31-23-24-32(30-14-10-9-13-29(30)31)46-38(42)26-17-21-28(22-18-26)44-36(12-6-2)48-34(40)8-4/h7-10,13-14,23-28,35-36H,3-6,11-12,15-22H2,1-2H3. The van der Waals surface area contributed by atoms with E-state index < -0.39 is 24.5 Å². The Morgan fingerprint density at radius 1 is 0.646 bits per heavy atom. The van der Waals surface area contributed by atoms with Crippen molar-refractivity contribution in [3.8, 4) is 11.5 Å². The van der Waals surface area contributed by atoms with Gasteiger partial charge in [0.05, 0.1) is 24.0 Å². The Labute approximate surface area is 282 Å². The molecule has 2 atom stereocenters. The Hall–Kier alpha value is -4.02. The molecule has 48 heavy (non-hydrogen) atoms. The van der Waals surface area contributed by atoms with Crippen LogP contribution in [0.25, 0.3) is 10.8 Å². The highest BCUT2D eigenvalue weighted by Gasteiger charge is 2.32. The van der Waals surface area contributed by atoms with E-state index in [1.807, 2.05) is 38.1 Å². The second-order valence-corrected chi connectivity index (χ2v) is 12.4. The Morgan fingerprint density at radius 2 is 1.02 bits per heavy atom. The predicted octanol–water partition coefficient (Wildman–Crippen LogP) is 7.51. The summed E-state index contributed by atoms with van der Waals surface area (Å²) in [5.41, 5.74) is 0. The fraction of sp³-hybridized carbons (Fsp3) is 0.526. The van der Waals surface area contributed by atoms with Gasteiger partial charge in [0.2, 0.25) is 12.6 Å². The van der Waals surface area contributed by atoms with E-state index >= 15 is 0 Å². The number of carbonyl (C=O) groups excluding carboxylic acids is 4. The molecule has 0 spiro atoms. The summed E-state index contributed by atoms with van der Waals surface area (Å²) in [4.78, 5) is 49.8. The summed E-state index contributed by atoms with van der Waals surface area (Å²) in [6.07, 6.45) is 8.53. The minimum Gasteiger partial charge on any atom is -0.433 e. The lowest BCUT2D eigenvalue weighted by Gasteiger charge is -2.30. The molecule has 0 aromatic heterocycles. The molecule has 2 fully saturated rings. The highest BCUT2D eigenvalue weighted by Crippen LogP contribution is 2.37. The first kappa shape index (κ1) is 36.8. The Balaban J connectivity index is 1.31. The van der Waals surface area contributed by atoms with Gasteiger partial charge < -0.3 is 28.4 Å². The number of rotatable bonds is 16. The average molecular weight is 665 g/mol. The van der Waals surface area contributed by atoms with Crippen molar-refractivity contribution in [1.29, 1.82) is 0 Å². The number of fused-ring (bicyclic) bond motifs is 1. The second kappa shape index (κ2) is 18.5. The van der Waals surface area contributed by atoms with Crippen molar-refractivity contribution in [2.75, 3.05) is 0 Å². The number of hydrogen-bond donors (Lipinski definition) is 0. The van der Waals surface area contributed by atoms with Gasteiger partial charge in [-0.2, -0.15) is 0 Å². The largest absolute Gasteiger partial charge is 0.433 e. The number of carbonyl (C=O) groups is 4. The van der Waals surface area contributed by atoms with Crippen LogP contribution in [-0.4, -0.2) is 48.7 Å². The quantitative estimate of drug-likeness (QED) is 0.0771. The zero-order chi connectivity index (χ0) is 34.5. The first-order chi connectivity index (χ1) is 23.2. The van der Waals surface area contributed by atoms with Gasteiger partial charge in [0.25, 0.3) is 0 Å². The molecular formula is C38H48O10. The summed E-state index contributed by atoms with van der Waals surface area (Å²) in [6.45, 7) is 10.9. The summed E-state index contributed by atoms with van der Waals surface area (Å²) >= 11 is 0. The molecule has 2 aromatic carbocycles. The lowest BCUT2D eigenvalue weighted by atomic mass is 9.87. The van der Waals surface area contributed by atoms with Crippen LogP contribution in [0, 0.1) is 11.8 Å². The van der Waals surface area contributed by atoms with Gasteiger partial charge in [0.15, 0.2) is 0 Å². The van der Waals surface area contributed by atoms with Crippen molar-refractivity contribution in [2.24, 2.45) is 11.8 Å². The number of benzene rings is 2. The van der Waals surface area contributed by atoms with E-state index in [1.165, 1.54) is 0 Å². The zero-order valence-corrected chi connectivity index (χ0v) is 28.1. The molecule has 4 rings (SSSR count). The maximum absolute atomic E-state index is 13.2. The van der Waals surface area contributed by atoms with Gasteiger partial charge in [-0.05, 0) is 63.5 Å². The molecule has 10 heteroatoms. The van der Waals surface area contributed by atoms with Gasteiger partial charge in [-0.15, -0.1) is 0 Å². The van der Waals surface area contributed by atoms with Crippen molar-refractivity contribution in [1.82, 2.24) is 0 Å². The molecule has 2 saturated carbocycles. The fourth-order valence-electron chi connectivity index (χ4n) is 6.24. The summed E-state index contributed by atoms with van der Waals surface area (Å²) in [5, 5.41) is 1.35. The van der Waals surface area contributed by atoms with Crippen LogP contribution in [0.4, 0.5) is 0 Å². The van der Waals surface area contributed by atoms with Crippen LogP contribution in [0.2, 0.25) is 0 Å². The van der Waals surface area contributed by atoms with Gasteiger partial charge in [0.1, 0.15) is 11.5 Å². The molecule has 0 aliphatic heterocycles. The van der Waals surface area contributed by atoms with E-state index in [9.17, 15) is 19.2 Å². The van der Waals surface area contributed by atoms with Crippen LogP contribution < -0.4 is 9.47 Å². The Morgan fingerprint density at radius 3 is 1.35 bits per heavy atom. The Kier molecular flexibility index (Phi) is 14.2. The highest BCUT2D eigenvalue weighted by molar-refractivity contribution is 5.96. The number of hydrogen-bond acceptors (Lipinski definition) is 10. The minimum atomic E-state index is -0.629. The summed E-state index contributed by atoms with van der Waals surface area (Å²) in [7, 11) is 0. The molecule has 10 nitrogen and oxygen atoms in total. The van der Waals surface area contributed by atoms with E-state index in [0.717, 1.165) is 25.0 Å². The lowest BCUT2D eigenvalue weighted by molar-refractivity contribution is -0.192. The predicted molar refractivity (Wildman–Crippen MR) is 179 cm³/mol. The first-order valence-electron chi connectivity index (χ1n) is 17.2. The SMILES string of the molecule is C=CC(=O)OC(CCC)OC1CCC(C(=O)Oc2ccc(OC(=O)C3CCC(OC(CCC)OC(=O)C=C)CC3)c3ccccc23)CC1. The molecule has 2 unspecified atom stereocenters. The van der Waals surface area contributed by atoms with Gasteiger partial charge >= 0.3 is 23.9 Å². The molecule has 0 saturated heterocycles. The molecule has 0 amide bonds. The molecule has 2 aromatic rings. The summed E-state index contributed by atoms with van der Waals surface area (Å²) < 4.78 is 34.5. The molecule has 2 aliphatic rings. The third kappa shape index (κ3) is 10.5. The molecule has 2 aliphatic carbocycles. The maximum Gasteiger partial charge on any atom is 0.332 e. The topological polar surface area (TPSA) is 124 Å². The van der Waals surface area contributed by atoms with Gasteiger partial charge in [-0.3, -0.25) is 9.59 Å². The van der Waals surface area contributed by atoms with E-state index in [0.29, 0.717) is 86.5 Å². The van der Waals surface area contributed by atoms with E-state index in [-0.39, 0.29) is 36.0 Å². The molecule has 0 radical (unpaired) electrons. The van der Waals surface area contributed by atoms with Crippen LogP contribution in [-0.2, 0) is 38.1 Å². The highest BCUT2D eigenvalue weighted by atomic mass is 16.7. The maximum atomic E-state index is 13.2. The second-order valence-electron chi connectivity index (χ2n) is 12.4. The van der Waals surface area contributed by atoms with E-state index in [4.69, 9.17) is 28.4 Å². The summed E-state index contributed by atoms with van der Waals surface area (Å²) in [6, 6.07) is 10.7. The van der Waals surface area contributed by atoms with Crippen LogP contribution >= 0.6 is 0 Å². The normalized spacial score (nSPS) is 22.1. The monoisotopic (exact) mass is 664 g/mol. The van der Waals surface area contributed by atoms with Crippen LogP contribution in [0.15, 0.2) is 61.7 Å². The molecular weight excluding hydrogens is 616 g/mol. The molecule has 0 bridgehead atoms.